The van der Waals surface area contributed by atoms with Gasteiger partial charge in [0.15, 0.2) is 6.10 Å². The first-order valence-corrected chi connectivity index (χ1v) is 25.1. The molecular weight excluding hydrogens is 829 g/mol. The summed E-state index contributed by atoms with van der Waals surface area (Å²) in [4.78, 5) is 38.0. The number of hydrogen-bond donors (Lipinski definition) is 0. The Morgan fingerprint density at radius 2 is 0.627 bits per heavy atom. The molecule has 67 heavy (non-hydrogen) atoms. The fraction of sp³-hybridized carbons (Fsp3) is 0.426. The Bertz CT molecular complexity index is 1710. The molecule has 0 heterocycles. The van der Waals surface area contributed by atoms with Crippen molar-refractivity contribution in [1.29, 1.82) is 0 Å². The standard InChI is InChI=1S/C61H86O6/c1-4-7-10-13-16-19-22-25-28-30-33-36-39-42-45-48-51-54-60(63)66-57-58(56-65-59(62)53-50-47-44-41-38-35-32-27-24-21-18-15-12-9-6-3)67-61(64)55-52-49-46-43-40-37-34-31-29-26-23-20-17-14-11-8-5-2/h7-13,15-22,24-30,32-39,43,46,58H,4-6,14,23,31,40-42,44-45,47-57H2,1-3H3/b10-7-,11-8-,12-9-,16-13-,18-15-,20-17-,22-19-,24-21-,28-25-,29-26-,32-27-,33-30+,37-34-,38-35-,39-36-,46-43-. The van der Waals surface area contributed by atoms with E-state index in [-0.39, 0.29) is 44.4 Å². The molecule has 0 rings (SSSR count). The number of carbonyl (C=O) groups is 3. The van der Waals surface area contributed by atoms with Gasteiger partial charge in [-0.1, -0.05) is 228 Å². The van der Waals surface area contributed by atoms with Crippen LogP contribution in [0.3, 0.4) is 0 Å². The number of unbranched alkanes of at least 4 members (excludes halogenated alkanes) is 7. The second kappa shape index (κ2) is 52.9. The molecule has 0 aromatic heterocycles. The van der Waals surface area contributed by atoms with Crippen LogP contribution in [-0.4, -0.2) is 37.2 Å². The third kappa shape index (κ3) is 51.1. The summed E-state index contributed by atoms with van der Waals surface area (Å²) in [5, 5.41) is 0. The summed E-state index contributed by atoms with van der Waals surface area (Å²) < 4.78 is 16.7. The molecule has 0 bridgehead atoms. The lowest BCUT2D eigenvalue weighted by Crippen LogP contribution is -2.30. The topological polar surface area (TPSA) is 78.9 Å². The van der Waals surface area contributed by atoms with Crippen molar-refractivity contribution in [2.45, 2.75) is 155 Å². The predicted molar refractivity (Wildman–Crippen MR) is 287 cm³/mol. The lowest BCUT2D eigenvalue weighted by Gasteiger charge is -2.18. The molecule has 0 aliphatic rings. The largest absolute Gasteiger partial charge is 0.462 e. The molecule has 0 N–H and O–H groups in total. The van der Waals surface area contributed by atoms with Crippen molar-refractivity contribution in [3.05, 3.63) is 194 Å². The highest BCUT2D eigenvalue weighted by Gasteiger charge is 2.19. The fourth-order valence-electron chi connectivity index (χ4n) is 5.70. The first kappa shape index (κ1) is 61.2. The molecule has 0 radical (unpaired) electrons. The molecule has 6 heteroatoms. The van der Waals surface area contributed by atoms with E-state index in [0.29, 0.717) is 19.3 Å². The van der Waals surface area contributed by atoms with Gasteiger partial charge >= 0.3 is 17.9 Å². The summed E-state index contributed by atoms with van der Waals surface area (Å²) in [6.45, 7) is 6.06. The van der Waals surface area contributed by atoms with Gasteiger partial charge in [0.1, 0.15) is 13.2 Å². The number of esters is 3. The van der Waals surface area contributed by atoms with Gasteiger partial charge in [-0.2, -0.15) is 0 Å². The Morgan fingerprint density at radius 1 is 0.313 bits per heavy atom. The monoisotopic (exact) mass is 915 g/mol. The Labute approximate surface area is 407 Å². The zero-order valence-electron chi connectivity index (χ0n) is 41.6. The molecule has 0 saturated carbocycles. The van der Waals surface area contributed by atoms with Crippen molar-refractivity contribution in [1.82, 2.24) is 0 Å². The molecule has 0 fully saturated rings. The normalized spacial score (nSPS) is 13.8. The lowest BCUT2D eigenvalue weighted by molar-refractivity contribution is -0.167. The van der Waals surface area contributed by atoms with Crippen LogP contribution in [0.4, 0.5) is 0 Å². The summed E-state index contributed by atoms with van der Waals surface area (Å²) in [7, 11) is 0. The van der Waals surface area contributed by atoms with Gasteiger partial charge in [-0.25, -0.2) is 0 Å². The van der Waals surface area contributed by atoms with Gasteiger partial charge < -0.3 is 14.2 Å². The minimum atomic E-state index is -0.857. The third-order valence-electron chi connectivity index (χ3n) is 9.36. The number of allylic oxidation sites excluding steroid dienone is 32. The molecule has 0 aromatic rings. The van der Waals surface area contributed by atoms with Crippen molar-refractivity contribution in [3.8, 4) is 0 Å². The Kier molecular flexibility index (Phi) is 48.3. The molecule has 0 saturated heterocycles. The highest BCUT2D eigenvalue weighted by molar-refractivity contribution is 5.71. The Balaban J connectivity index is 4.72. The van der Waals surface area contributed by atoms with Crippen molar-refractivity contribution in [3.63, 3.8) is 0 Å². The van der Waals surface area contributed by atoms with Crippen LogP contribution >= 0.6 is 0 Å². The molecule has 0 aromatic carbocycles. The minimum Gasteiger partial charge on any atom is -0.462 e. The average molecular weight is 915 g/mol. The second-order valence-electron chi connectivity index (χ2n) is 15.5. The fourth-order valence-corrected chi connectivity index (χ4v) is 5.70. The van der Waals surface area contributed by atoms with E-state index in [1.807, 2.05) is 109 Å². The van der Waals surface area contributed by atoms with E-state index in [9.17, 15) is 14.4 Å². The third-order valence-corrected chi connectivity index (χ3v) is 9.36. The van der Waals surface area contributed by atoms with E-state index in [1.54, 1.807) is 0 Å². The maximum Gasteiger partial charge on any atom is 0.306 e. The molecule has 0 amide bonds. The van der Waals surface area contributed by atoms with Crippen LogP contribution in [-0.2, 0) is 28.6 Å². The number of hydrogen-bond acceptors (Lipinski definition) is 6. The summed E-state index contributed by atoms with van der Waals surface area (Å²) in [5.74, 6) is -1.11. The first-order valence-electron chi connectivity index (χ1n) is 25.1. The minimum absolute atomic E-state index is 0.150. The van der Waals surface area contributed by atoms with E-state index in [1.165, 1.54) is 0 Å². The quantitative estimate of drug-likeness (QED) is 0.0200. The SMILES string of the molecule is CC\C=C/C=C\C=C/C=C\C=C/CCCCCC(=O)OCC(COC(=O)CCCCC\C=C/C=C/C=C\C=C/C=C\C=C/CC)OC(=O)CCC/C=C\C/C=C\C/C=C\C/C=C\C/C=C\CC. The summed E-state index contributed by atoms with van der Waals surface area (Å²) in [6.07, 6.45) is 81.2. The number of ether oxygens (including phenoxy) is 3. The smallest absolute Gasteiger partial charge is 0.306 e. The maximum absolute atomic E-state index is 12.8. The van der Waals surface area contributed by atoms with Gasteiger partial charge in [-0.3, -0.25) is 14.4 Å². The maximum atomic E-state index is 12.8. The lowest BCUT2D eigenvalue weighted by atomic mass is 10.1. The first-order chi connectivity index (χ1) is 33.0. The zero-order chi connectivity index (χ0) is 48.6. The predicted octanol–water partition coefficient (Wildman–Crippen LogP) is 16.7. The molecular formula is C61H86O6. The van der Waals surface area contributed by atoms with Gasteiger partial charge in [-0.15, -0.1) is 0 Å². The molecule has 0 spiro atoms. The van der Waals surface area contributed by atoms with Crippen LogP contribution in [0.2, 0.25) is 0 Å². The van der Waals surface area contributed by atoms with E-state index in [2.05, 4.69) is 106 Å². The van der Waals surface area contributed by atoms with Crippen LogP contribution in [0.15, 0.2) is 194 Å². The second-order valence-corrected chi connectivity index (χ2v) is 15.5. The Morgan fingerprint density at radius 3 is 1.01 bits per heavy atom. The average Bonchev–Trinajstić information content (AvgIpc) is 3.33. The van der Waals surface area contributed by atoms with Crippen molar-refractivity contribution < 1.29 is 28.6 Å². The van der Waals surface area contributed by atoms with Crippen LogP contribution in [0.5, 0.6) is 0 Å². The van der Waals surface area contributed by atoms with E-state index in [0.717, 1.165) is 89.9 Å². The van der Waals surface area contributed by atoms with E-state index >= 15 is 0 Å². The zero-order valence-corrected chi connectivity index (χ0v) is 41.6. The van der Waals surface area contributed by atoms with Gasteiger partial charge in [0.2, 0.25) is 0 Å². The molecule has 0 aliphatic heterocycles. The Hall–Kier alpha value is -5.75. The summed E-state index contributed by atoms with van der Waals surface area (Å²) >= 11 is 0. The van der Waals surface area contributed by atoms with Crippen LogP contribution in [0.25, 0.3) is 0 Å². The van der Waals surface area contributed by atoms with Crippen molar-refractivity contribution >= 4 is 17.9 Å². The van der Waals surface area contributed by atoms with Crippen LogP contribution in [0.1, 0.15) is 149 Å². The summed E-state index contributed by atoms with van der Waals surface area (Å²) in [5.41, 5.74) is 0. The van der Waals surface area contributed by atoms with E-state index < -0.39 is 12.1 Å². The highest BCUT2D eigenvalue weighted by Crippen LogP contribution is 2.10. The molecule has 6 nitrogen and oxygen atoms in total. The molecule has 0 aliphatic carbocycles. The number of rotatable bonds is 41. The van der Waals surface area contributed by atoms with Gasteiger partial charge in [0, 0.05) is 19.3 Å². The van der Waals surface area contributed by atoms with Crippen LogP contribution < -0.4 is 0 Å². The van der Waals surface area contributed by atoms with Gasteiger partial charge in [0.05, 0.1) is 0 Å². The highest BCUT2D eigenvalue weighted by atomic mass is 16.6. The van der Waals surface area contributed by atoms with Crippen molar-refractivity contribution in [2.24, 2.45) is 0 Å². The summed E-state index contributed by atoms with van der Waals surface area (Å²) in [6, 6.07) is 0. The number of carbonyl (C=O) groups excluding carboxylic acids is 3. The molecule has 1 atom stereocenters. The molecule has 1 unspecified atom stereocenters. The van der Waals surface area contributed by atoms with Crippen molar-refractivity contribution in [2.75, 3.05) is 13.2 Å². The molecule has 366 valence electrons. The van der Waals surface area contributed by atoms with E-state index in [4.69, 9.17) is 14.2 Å². The van der Waals surface area contributed by atoms with Gasteiger partial charge in [-0.05, 0) is 96.3 Å². The van der Waals surface area contributed by atoms with Crippen LogP contribution in [0, 0.1) is 0 Å². The van der Waals surface area contributed by atoms with Gasteiger partial charge in [0.25, 0.3) is 0 Å².